The summed E-state index contributed by atoms with van der Waals surface area (Å²) in [5.41, 5.74) is 0.611. The fourth-order valence-electron chi connectivity index (χ4n) is 1.84. The fraction of sp³-hybridized carbons (Fsp3) is 0.286. The van der Waals surface area contributed by atoms with Crippen molar-refractivity contribution in [1.82, 2.24) is 9.97 Å². The van der Waals surface area contributed by atoms with Crippen molar-refractivity contribution >= 4 is 17.4 Å². The number of nitrogens with one attached hydrogen (secondary N) is 1. The molecule has 1 heterocycles. The largest absolute Gasteiger partial charge is 0.368 e. The first-order valence-electron chi connectivity index (χ1n) is 6.22. The van der Waals surface area contributed by atoms with Gasteiger partial charge in [-0.1, -0.05) is 23.7 Å². The third-order valence-electron chi connectivity index (χ3n) is 2.79. The lowest BCUT2D eigenvalue weighted by atomic mass is 10.1. The molecule has 1 aromatic heterocycles. The third-order valence-corrected chi connectivity index (χ3v) is 3.08. The highest BCUT2D eigenvalue weighted by Crippen LogP contribution is 2.21. The minimum atomic E-state index is -0.496. The summed E-state index contributed by atoms with van der Waals surface area (Å²) >= 11 is 5.73. The molecule has 0 aliphatic rings. The van der Waals surface area contributed by atoms with Crippen molar-refractivity contribution in [2.45, 2.75) is 20.3 Å². The van der Waals surface area contributed by atoms with Gasteiger partial charge in [-0.3, -0.25) is 0 Å². The van der Waals surface area contributed by atoms with E-state index in [-0.39, 0.29) is 23.0 Å². The molecule has 2 rings (SSSR count). The summed E-state index contributed by atoms with van der Waals surface area (Å²) in [5, 5.41) is 2.87. The number of halogens is 3. The van der Waals surface area contributed by atoms with Crippen molar-refractivity contribution in [1.29, 1.82) is 0 Å². The summed E-state index contributed by atoms with van der Waals surface area (Å²) in [6, 6.07) is 4.74. The van der Waals surface area contributed by atoms with Gasteiger partial charge in [0.05, 0.1) is 10.7 Å². The maximum absolute atomic E-state index is 13.8. The highest BCUT2D eigenvalue weighted by molar-refractivity contribution is 6.30. The molecular formula is C14H14ClF2N3. The van der Waals surface area contributed by atoms with Gasteiger partial charge in [0.1, 0.15) is 11.6 Å². The van der Waals surface area contributed by atoms with Gasteiger partial charge in [-0.25, -0.2) is 18.7 Å². The Morgan fingerprint density at radius 1 is 1.20 bits per heavy atom. The quantitative estimate of drug-likeness (QED) is 0.934. The summed E-state index contributed by atoms with van der Waals surface area (Å²) in [5.74, 6) is -0.495. The van der Waals surface area contributed by atoms with Crippen LogP contribution >= 0.6 is 11.6 Å². The Morgan fingerprint density at radius 2 is 1.95 bits per heavy atom. The van der Waals surface area contributed by atoms with E-state index in [1.54, 1.807) is 19.1 Å². The second-order valence-electron chi connectivity index (χ2n) is 4.31. The molecule has 20 heavy (non-hydrogen) atoms. The molecule has 0 saturated heterocycles. The van der Waals surface area contributed by atoms with Crippen molar-refractivity contribution in [3.63, 3.8) is 0 Å². The molecule has 0 saturated carbocycles. The maximum Gasteiger partial charge on any atom is 0.186 e. The molecule has 0 aliphatic carbocycles. The van der Waals surface area contributed by atoms with Gasteiger partial charge in [-0.15, -0.1) is 0 Å². The van der Waals surface area contributed by atoms with Gasteiger partial charge in [-0.2, -0.15) is 0 Å². The first-order chi connectivity index (χ1) is 9.52. The van der Waals surface area contributed by atoms with Gasteiger partial charge in [-0.05, 0) is 25.5 Å². The zero-order chi connectivity index (χ0) is 14.7. The zero-order valence-corrected chi connectivity index (χ0v) is 11.9. The standard InChI is InChI=1S/C14H14ClF2N3/c1-3-18-14-12(16)8(2)19-11(20-14)7-9-5-4-6-10(15)13(9)17/h4-6H,3,7H2,1-2H3,(H,18,19,20). The number of nitrogens with zero attached hydrogens (tertiary/aromatic N) is 2. The maximum atomic E-state index is 13.8. The van der Waals surface area contributed by atoms with E-state index in [2.05, 4.69) is 15.3 Å². The molecule has 0 spiro atoms. The van der Waals surface area contributed by atoms with Gasteiger partial charge >= 0.3 is 0 Å². The van der Waals surface area contributed by atoms with E-state index in [0.29, 0.717) is 17.9 Å². The first kappa shape index (κ1) is 14.7. The summed E-state index contributed by atoms with van der Waals surface area (Å²) in [6.45, 7) is 3.93. The van der Waals surface area contributed by atoms with Crippen LogP contribution in [0.4, 0.5) is 14.6 Å². The Morgan fingerprint density at radius 3 is 2.65 bits per heavy atom. The zero-order valence-electron chi connectivity index (χ0n) is 11.2. The van der Waals surface area contributed by atoms with E-state index >= 15 is 0 Å². The number of rotatable bonds is 4. The Hall–Kier alpha value is -1.75. The molecule has 0 atom stereocenters. The van der Waals surface area contributed by atoms with E-state index in [1.807, 2.05) is 6.92 Å². The Bertz CT molecular complexity index is 632. The fourth-order valence-corrected chi connectivity index (χ4v) is 2.03. The van der Waals surface area contributed by atoms with Crippen LogP contribution in [0.25, 0.3) is 0 Å². The summed E-state index contributed by atoms with van der Waals surface area (Å²) < 4.78 is 27.6. The highest BCUT2D eigenvalue weighted by atomic mass is 35.5. The Kier molecular flexibility index (Phi) is 4.49. The second-order valence-corrected chi connectivity index (χ2v) is 4.72. The van der Waals surface area contributed by atoms with Crippen LogP contribution in [0.15, 0.2) is 18.2 Å². The highest BCUT2D eigenvalue weighted by Gasteiger charge is 2.13. The molecule has 0 fully saturated rings. The van der Waals surface area contributed by atoms with E-state index in [9.17, 15) is 8.78 Å². The smallest absolute Gasteiger partial charge is 0.186 e. The second kappa shape index (κ2) is 6.13. The van der Waals surface area contributed by atoms with E-state index < -0.39 is 11.6 Å². The van der Waals surface area contributed by atoms with Crippen LogP contribution in [0.2, 0.25) is 5.02 Å². The summed E-state index contributed by atoms with van der Waals surface area (Å²) in [7, 11) is 0. The van der Waals surface area contributed by atoms with Gasteiger partial charge < -0.3 is 5.32 Å². The minimum absolute atomic E-state index is 0.0493. The van der Waals surface area contributed by atoms with Crippen molar-refractivity contribution in [3.05, 3.63) is 51.9 Å². The SMILES string of the molecule is CCNc1nc(Cc2cccc(Cl)c2F)nc(C)c1F. The molecule has 3 nitrogen and oxygen atoms in total. The lowest BCUT2D eigenvalue weighted by Crippen LogP contribution is -2.09. The monoisotopic (exact) mass is 297 g/mol. The van der Waals surface area contributed by atoms with E-state index in [0.717, 1.165) is 0 Å². The molecule has 1 N–H and O–H groups in total. The van der Waals surface area contributed by atoms with Gasteiger partial charge in [0, 0.05) is 13.0 Å². The molecule has 0 bridgehead atoms. The van der Waals surface area contributed by atoms with Gasteiger partial charge in [0.15, 0.2) is 11.6 Å². The van der Waals surface area contributed by atoms with Gasteiger partial charge in [0.2, 0.25) is 0 Å². The molecule has 6 heteroatoms. The summed E-state index contributed by atoms with van der Waals surface area (Å²) in [4.78, 5) is 8.13. The molecule has 1 aromatic carbocycles. The number of aryl methyl sites for hydroxylation is 1. The van der Waals surface area contributed by atoms with Crippen LogP contribution < -0.4 is 5.32 Å². The molecule has 0 radical (unpaired) electrons. The van der Waals surface area contributed by atoms with Crippen LogP contribution in [-0.2, 0) is 6.42 Å². The normalized spacial score (nSPS) is 10.7. The van der Waals surface area contributed by atoms with Crippen molar-refractivity contribution < 1.29 is 8.78 Å². The predicted molar refractivity (Wildman–Crippen MR) is 75.1 cm³/mol. The van der Waals surface area contributed by atoms with Crippen LogP contribution in [0.3, 0.4) is 0 Å². The Balaban J connectivity index is 2.36. The predicted octanol–water partition coefficient (Wildman–Crippen LogP) is 3.74. The average molecular weight is 298 g/mol. The number of aromatic nitrogens is 2. The number of hydrogen-bond donors (Lipinski definition) is 1. The van der Waals surface area contributed by atoms with Crippen LogP contribution in [0, 0.1) is 18.6 Å². The third kappa shape index (κ3) is 3.04. The van der Waals surface area contributed by atoms with Crippen LogP contribution in [0.5, 0.6) is 0 Å². The average Bonchev–Trinajstić information content (AvgIpc) is 2.41. The van der Waals surface area contributed by atoms with Crippen molar-refractivity contribution in [2.75, 3.05) is 11.9 Å². The number of benzene rings is 1. The van der Waals surface area contributed by atoms with Gasteiger partial charge in [0.25, 0.3) is 0 Å². The van der Waals surface area contributed by atoms with Crippen molar-refractivity contribution in [3.8, 4) is 0 Å². The number of hydrogen-bond acceptors (Lipinski definition) is 3. The lowest BCUT2D eigenvalue weighted by molar-refractivity contribution is 0.596. The van der Waals surface area contributed by atoms with E-state index in [4.69, 9.17) is 11.6 Å². The minimum Gasteiger partial charge on any atom is -0.368 e. The molecular weight excluding hydrogens is 284 g/mol. The molecule has 0 unspecified atom stereocenters. The molecule has 2 aromatic rings. The van der Waals surface area contributed by atoms with E-state index in [1.165, 1.54) is 6.07 Å². The Labute approximate surface area is 121 Å². The molecule has 106 valence electrons. The van der Waals surface area contributed by atoms with Crippen LogP contribution in [0.1, 0.15) is 24.0 Å². The van der Waals surface area contributed by atoms with Crippen LogP contribution in [-0.4, -0.2) is 16.5 Å². The molecule has 0 amide bonds. The lowest BCUT2D eigenvalue weighted by Gasteiger charge is -2.09. The topological polar surface area (TPSA) is 37.8 Å². The number of anilines is 1. The van der Waals surface area contributed by atoms with Crippen molar-refractivity contribution in [2.24, 2.45) is 0 Å². The summed E-state index contributed by atoms with van der Waals surface area (Å²) in [6.07, 6.45) is 0.159. The first-order valence-corrected chi connectivity index (χ1v) is 6.60. The molecule has 0 aliphatic heterocycles.